The highest BCUT2D eigenvalue weighted by molar-refractivity contribution is 5.94. The minimum Gasteiger partial charge on any atom is -0.482 e. The molecule has 0 atom stereocenters. The Balaban J connectivity index is 2.06. The number of aryl methyl sites for hydroxylation is 2. The Morgan fingerprint density at radius 3 is 2.16 bits per heavy atom. The van der Waals surface area contributed by atoms with Crippen LogP contribution in [-0.4, -0.2) is 18.4 Å². The van der Waals surface area contributed by atoms with Crippen LogP contribution < -0.4 is 15.4 Å². The number of carbonyl (C=O) groups is 2. The first kappa shape index (κ1) is 18.5. The van der Waals surface area contributed by atoms with Gasteiger partial charge < -0.3 is 15.4 Å². The standard InChI is InChI=1S/C20H24N2O3/c1-4-15-9-8-10-16(5-2)20(15)22-19(24)13-25-18-12-7-6-11-17(18)21-14(3)23/h6-12H,4-5,13H2,1-3H3,(H,21,23)(H,22,24). The summed E-state index contributed by atoms with van der Waals surface area (Å²) in [6.07, 6.45) is 1.69. The summed E-state index contributed by atoms with van der Waals surface area (Å²) < 4.78 is 5.59. The van der Waals surface area contributed by atoms with Crippen LogP contribution in [0.4, 0.5) is 11.4 Å². The number of nitrogens with one attached hydrogen (secondary N) is 2. The molecule has 2 aromatic carbocycles. The molecule has 0 aliphatic carbocycles. The molecule has 0 spiro atoms. The van der Waals surface area contributed by atoms with Crippen molar-refractivity contribution in [2.24, 2.45) is 0 Å². The van der Waals surface area contributed by atoms with Gasteiger partial charge in [0, 0.05) is 12.6 Å². The van der Waals surface area contributed by atoms with Gasteiger partial charge in [0.1, 0.15) is 5.75 Å². The Labute approximate surface area is 148 Å². The average molecular weight is 340 g/mol. The minimum atomic E-state index is -0.228. The van der Waals surface area contributed by atoms with Crippen molar-refractivity contribution in [1.29, 1.82) is 0 Å². The number of hydrogen-bond acceptors (Lipinski definition) is 3. The highest BCUT2D eigenvalue weighted by Gasteiger charge is 2.12. The third kappa shape index (κ3) is 5.08. The van der Waals surface area contributed by atoms with Crippen molar-refractivity contribution in [2.45, 2.75) is 33.6 Å². The second kappa shape index (κ2) is 8.87. The second-order valence-corrected chi connectivity index (χ2v) is 5.67. The number of amides is 2. The van der Waals surface area contributed by atoms with E-state index in [1.54, 1.807) is 24.3 Å². The van der Waals surface area contributed by atoms with Crippen LogP contribution in [0.5, 0.6) is 5.75 Å². The van der Waals surface area contributed by atoms with Gasteiger partial charge in [-0.15, -0.1) is 0 Å². The van der Waals surface area contributed by atoms with Crippen LogP contribution in [0.3, 0.4) is 0 Å². The van der Waals surface area contributed by atoms with Crippen LogP contribution in [-0.2, 0) is 22.4 Å². The summed E-state index contributed by atoms with van der Waals surface area (Å²) in [4.78, 5) is 23.6. The summed E-state index contributed by atoms with van der Waals surface area (Å²) in [6.45, 7) is 5.42. The molecule has 5 nitrogen and oxygen atoms in total. The Bertz CT molecular complexity index is 734. The van der Waals surface area contributed by atoms with E-state index in [9.17, 15) is 9.59 Å². The smallest absolute Gasteiger partial charge is 0.262 e. The number of anilines is 2. The number of benzene rings is 2. The molecule has 0 aliphatic heterocycles. The average Bonchev–Trinajstić information content (AvgIpc) is 2.60. The highest BCUT2D eigenvalue weighted by Crippen LogP contribution is 2.25. The van der Waals surface area contributed by atoms with Crippen LogP contribution in [0.1, 0.15) is 31.9 Å². The van der Waals surface area contributed by atoms with Crippen molar-refractivity contribution < 1.29 is 14.3 Å². The number of hydrogen-bond donors (Lipinski definition) is 2. The first-order valence-electron chi connectivity index (χ1n) is 8.45. The number of rotatable bonds is 7. The van der Waals surface area contributed by atoms with E-state index in [0.29, 0.717) is 11.4 Å². The molecule has 0 fully saturated rings. The van der Waals surface area contributed by atoms with E-state index < -0.39 is 0 Å². The van der Waals surface area contributed by atoms with Gasteiger partial charge >= 0.3 is 0 Å². The normalized spacial score (nSPS) is 10.2. The van der Waals surface area contributed by atoms with Gasteiger partial charge in [-0.05, 0) is 36.1 Å². The molecule has 0 aliphatic rings. The fourth-order valence-electron chi connectivity index (χ4n) is 2.61. The molecule has 0 aromatic heterocycles. The van der Waals surface area contributed by atoms with Crippen molar-refractivity contribution in [1.82, 2.24) is 0 Å². The summed E-state index contributed by atoms with van der Waals surface area (Å²) in [5.74, 6) is 0.0468. The highest BCUT2D eigenvalue weighted by atomic mass is 16.5. The number of para-hydroxylation sites is 3. The monoisotopic (exact) mass is 340 g/mol. The zero-order chi connectivity index (χ0) is 18.2. The zero-order valence-corrected chi connectivity index (χ0v) is 14.9. The Morgan fingerprint density at radius 2 is 1.56 bits per heavy atom. The second-order valence-electron chi connectivity index (χ2n) is 5.67. The van der Waals surface area contributed by atoms with Crippen LogP contribution >= 0.6 is 0 Å². The predicted octanol–water partition coefficient (Wildman–Crippen LogP) is 3.79. The summed E-state index contributed by atoms with van der Waals surface area (Å²) >= 11 is 0. The predicted molar refractivity (Wildman–Crippen MR) is 100 cm³/mol. The molecule has 2 rings (SSSR count). The lowest BCUT2D eigenvalue weighted by atomic mass is 10.0. The topological polar surface area (TPSA) is 67.4 Å². The van der Waals surface area contributed by atoms with Gasteiger partial charge in [0.05, 0.1) is 5.69 Å². The molecular formula is C20H24N2O3. The molecule has 5 heteroatoms. The Hall–Kier alpha value is -2.82. The summed E-state index contributed by atoms with van der Waals surface area (Å²) in [6, 6.07) is 13.1. The molecule has 132 valence electrons. The fraction of sp³-hybridized carbons (Fsp3) is 0.300. The third-order valence-electron chi connectivity index (χ3n) is 3.82. The fourth-order valence-corrected chi connectivity index (χ4v) is 2.61. The van der Waals surface area contributed by atoms with E-state index >= 15 is 0 Å². The zero-order valence-electron chi connectivity index (χ0n) is 14.9. The lowest BCUT2D eigenvalue weighted by Gasteiger charge is -2.15. The molecule has 0 unspecified atom stereocenters. The molecule has 2 N–H and O–H groups in total. The van der Waals surface area contributed by atoms with Crippen LogP contribution in [0.25, 0.3) is 0 Å². The van der Waals surface area contributed by atoms with Gasteiger partial charge in [-0.25, -0.2) is 0 Å². The Kier molecular flexibility index (Phi) is 6.57. The van der Waals surface area contributed by atoms with Gasteiger partial charge in [0.15, 0.2) is 6.61 Å². The lowest BCUT2D eigenvalue weighted by Crippen LogP contribution is -2.22. The van der Waals surface area contributed by atoms with E-state index in [1.807, 2.05) is 18.2 Å². The molecule has 0 bridgehead atoms. The van der Waals surface area contributed by atoms with Crippen molar-refractivity contribution in [3.63, 3.8) is 0 Å². The SMILES string of the molecule is CCc1cccc(CC)c1NC(=O)COc1ccccc1NC(C)=O. The maximum atomic E-state index is 12.3. The van der Waals surface area contributed by atoms with Crippen molar-refractivity contribution in [2.75, 3.05) is 17.2 Å². The first-order valence-corrected chi connectivity index (χ1v) is 8.45. The van der Waals surface area contributed by atoms with Crippen LogP contribution in [0.2, 0.25) is 0 Å². The summed E-state index contributed by atoms with van der Waals surface area (Å²) in [5.41, 5.74) is 3.62. The minimum absolute atomic E-state index is 0.127. The molecule has 0 saturated heterocycles. The van der Waals surface area contributed by atoms with Crippen LogP contribution in [0, 0.1) is 0 Å². The molecule has 0 radical (unpaired) electrons. The largest absolute Gasteiger partial charge is 0.482 e. The lowest BCUT2D eigenvalue weighted by molar-refractivity contribution is -0.118. The van der Waals surface area contributed by atoms with E-state index in [4.69, 9.17) is 4.74 Å². The van der Waals surface area contributed by atoms with Crippen molar-refractivity contribution in [3.8, 4) is 5.75 Å². The number of ether oxygens (including phenoxy) is 1. The van der Waals surface area contributed by atoms with Gasteiger partial charge in [-0.2, -0.15) is 0 Å². The van der Waals surface area contributed by atoms with E-state index in [0.717, 1.165) is 29.7 Å². The van der Waals surface area contributed by atoms with Crippen LogP contribution in [0.15, 0.2) is 42.5 Å². The molecular weight excluding hydrogens is 316 g/mol. The van der Waals surface area contributed by atoms with E-state index in [1.165, 1.54) is 6.92 Å². The Morgan fingerprint density at radius 1 is 0.920 bits per heavy atom. The quantitative estimate of drug-likeness (QED) is 0.806. The van der Waals surface area contributed by atoms with Crippen molar-refractivity contribution >= 4 is 23.2 Å². The van der Waals surface area contributed by atoms with Gasteiger partial charge in [0.25, 0.3) is 5.91 Å². The number of carbonyl (C=O) groups excluding carboxylic acids is 2. The van der Waals surface area contributed by atoms with Gasteiger partial charge in [0.2, 0.25) is 5.91 Å². The molecule has 2 aromatic rings. The molecule has 0 heterocycles. The summed E-state index contributed by atoms with van der Waals surface area (Å²) in [7, 11) is 0. The van der Waals surface area contributed by atoms with E-state index in [2.05, 4.69) is 24.5 Å². The molecule has 0 saturated carbocycles. The first-order chi connectivity index (χ1) is 12.0. The molecule has 25 heavy (non-hydrogen) atoms. The summed E-state index contributed by atoms with van der Waals surface area (Å²) in [5, 5.41) is 5.65. The third-order valence-corrected chi connectivity index (χ3v) is 3.82. The van der Waals surface area contributed by atoms with Gasteiger partial charge in [-0.1, -0.05) is 44.2 Å². The van der Waals surface area contributed by atoms with Crippen molar-refractivity contribution in [3.05, 3.63) is 53.6 Å². The van der Waals surface area contributed by atoms with E-state index in [-0.39, 0.29) is 18.4 Å². The maximum Gasteiger partial charge on any atom is 0.262 e. The molecule has 2 amide bonds. The maximum absolute atomic E-state index is 12.3. The van der Waals surface area contributed by atoms with Gasteiger partial charge in [-0.3, -0.25) is 9.59 Å².